The lowest BCUT2D eigenvalue weighted by Crippen LogP contribution is -2.45. The third kappa shape index (κ3) is 2.56. The highest BCUT2D eigenvalue weighted by Crippen LogP contribution is 2.52. The maximum atomic E-state index is 12.3. The first-order valence-electron chi connectivity index (χ1n) is 8.10. The molecule has 0 radical (unpaired) electrons. The predicted octanol–water partition coefficient (Wildman–Crippen LogP) is 3.27. The number of allylic oxidation sites excluding steroid dienone is 1. The average Bonchev–Trinajstić information content (AvgIpc) is 2.53. The summed E-state index contributed by atoms with van der Waals surface area (Å²) >= 11 is 0. The van der Waals surface area contributed by atoms with E-state index in [9.17, 15) is 9.59 Å². The van der Waals surface area contributed by atoms with E-state index in [-0.39, 0.29) is 11.9 Å². The number of para-hydroxylation sites is 1. The van der Waals surface area contributed by atoms with Gasteiger partial charge in [0.05, 0.1) is 12.5 Å². The van der Waals surface area contributed by atoms with Gasteiger partial charge in [-0.3, -0.25) is 4.79 Å². The highest BCUT2D eigenvalue weighted by molar-refractivity contribution is 5.79. The Morgan fingerprint density at radius 1 is 1.39 bits per heavy atom. The van der Waals surface area contributed by atoms with Crippen LogP contribution in [0.1, 0.15) is 38.7 Å². The zero-order valence-corrected chi connectivity index (χ0v) is 13.7. The zero-order valence-electron chi connectivity index (χ0n) is 13.7. The molecule has 0 bridgehead atoms. The van der Waals surface area contributed by atoms with Crippen molar-refractivity contribution in [3.8, 4) is 5.75 Å². The number of benzene rings is 1. The molecule has 1 aromatic rings. The highest BCUT2D eigenvalue weighted by Gasteiger charge is 2.48. The van der Waals surface area contributed by atoms with Gasteiger partial charge in [-0.15, -0.1) is 0 Å². The van der Waals surface area contributed by atoms with Crippen molar-refractivity contribution in [1.29, 1.82) is 0 Å². The predicted molar refractivity (Wildman–Crippen MR) is 86.3 cm³/mol. The Bertz CT molecular complexity index is 659. The van der Waals surface area contributed by atoms with Gasteiger partial charge in [-0.25, -0.2) is 0 Å². The molecule has 0 saturated carbocycles. The summed E-state index contributed by atoms with van der Waals surface area (Å²) in [5.74, 6) is -0.477. The van der Waals surface area contributed by atoms with E-state index in [4.69, 9.17) is 9.47 Å². The molecule has 0 saturated heterocycles. The van der Waals surface area contributed by atoms with E-state index >= 15 is 0 Å². The van der Waals surface area contributed by atoms with Crippen LogP contribution >= 0.6 is 0 Å². The number of hydrogen-bond donors (Lipinski definition) is 0. The summed E-state index contributed by atoms with van der Waals surface area (Å²) in [6.45, 7) is 6.13. The van der Waals surface area contributed by atoms with Gasteiger partial charge in [0.25, 0.3) is 0 Å². The summed E-state index contributed by atoms with van der Waals surface area (Å²) in [5.41, 5.74) is 1.57. The summed E-state index contributed by atoms with van der Waals surface area (Å²) in [7, 11) is 0. The number of rotatable bonds is 3. The Hall–Kier alpha value is -2.10. The van der Waals surface area contributed by atoms with Gasteiger partial charge < -0.3 is 14.3 Å². The fourth-order valence-electron chi connectivity index (χ4n) is 3.81. The fraction of sp³-hybridized carbons (Fsp3) is 0.474. The molecule has 0 spiro atoms. The van der Waals surface area contributed by atoms with E-state index in [1.165, 1.54) is 0 Å². The maximum Gasteiger partial charge on any atom is 0.309 e. The number of aldehydes is 1. The third-order valence-electron chi connectivity index (χ3n) is 4.84. The van der Waals surface area contributed by atoms with Crippen LogP contribution in [0.15, 0.2) is 35.9 Å². The Morgan fingerprint density at radius 3 is 2.83 bits per heavy atom. The quantitative estimate of drug-likeness (QED) is 0.488. The SMILES string of the molecule is CCOC(=O)[C@@H]1CC=C2[C@H](c3ccccc3OC2(C)C)[C@H]1C=O. The second-order valence-corrected chi connectivity index (χ2v) is 6.60. The lowest BCUT2D eigenvalue weighted by atomic mass is 9.64. The van der Waals surface area contributed by atoms with Gasteiger partial charge in [-0.1, -0.05) is 24.3 Å². The summed E-state index contributed by atoms with van der Waals surface area (Å²) in [6.07, 6.45) is 3.49. The van der Waals surface area contributed by atoms with Gasteiger partial charge in [0.15, 0.2) is 0 Å². The monoisotopic (exact) mass is 314 g/mol. The zero-order chi connectivity index (χ0) is 16.6. The Kier molecular flexibility index (Phi) is 4.00. The molecule has 122 valence electrons. The van der Waals surface area contributed by atoms with Gasteiger partial charge in [-0.05, 0) is 38.8 Å². The first-order valence-corrected chi connectivity index (χ1v) is 8.10. The van der Waals surface area contributed by atoms with Crippen molar-refractivity contribution in [1.82, 2.24) is 0 Å². The van der Waals surface area contributed by atoms with Crippen LogP contribution in [0.2, 0.25) is 0 Å². The van der Waals surface area contributed by atoms with Crippen molar-refractivity contribution >= 4 is 12.3 Å². The number of hydrogen-bond acceptors (Lipinski definition) is 4. The Labute approximate surface area is 136 Å². The van der Waals surface area contributed by atoms with Crippen molar-refractivity contribution in [2.24, 2.45) is 11.8 Å². The van der Waals surface area contributed by atoms with Crippen LogP contribution < -0.4 is 4.74 Å². The van der Waals surface area contributed by atoms with Crippen molar-refractivity contribution in [2.75, 3.05) is 6.61 Å². The molecule has 4 heteroatoms. The number of fused-ring (bicyclic) bond motifs is 3. The molecule has 1 aliphatic heterocycles. The average molecular weight is 314 g/mol. The summed E-state index contributed by atoms with van der Waals surface area (Å²) in [5, 5.41) is 0. The third-order valence-corrected chi connectivity index (χ3v) is 4.84. The lowest BCUT2D eigenvalue weighted by Gasteiger charge is -2.45. The molecule has 2 aliphatic rings. The molecule has 23 heavy (non-hydrogen) atoms. The van der Waals surface area contributed by atoms with E-state index in [2.05, 4.69) is 6.08 Å². The molecule has 3 rings (SSSR count). The molecule has 0 N–H and O–H groups in total. The summed E-state index contributed by atoms with van der Waals surface area (Å²) < 4.78 is 11.3. The minimum atomic E-state index is -0.486. The lowest BCUT2D eigenvalue weighted by molar-refractivity contribution is -0.151. The van der Waals surface area contributed by atoms with E-state index in [0.717, 1.165) is 23.2 Å². The van der Waals surface area contributed by atoms with Gasteiger partial charge in [0.1, 0.15) is 17.6 Å². The second-order valence-electron chi connectivity index (χ2n) is 6.60. The van der Waals surface area contributed by atoms with Crippen molar-refractivity contribution in [3.05, 3.63) is 41.5 Å². The first kappa shape index (κ1) is 15.8. The standard InChI is InChI=1S/C19H22O4/c1-4-22-18(21)12-9-10-15-17(14(12)11-20)13-7-5-6-8-16(13)23-19(15,2)3/h5-8,10-12,14,17H,4,9H2,1-3H3/t12-,14+,17-/m1/s1. The van der Waals surface area contributed by atoms with Crippen LogP contribution in [-0.2, 0) is 14.3 Å². The van der Waals surface area contributed by atoms with Gasteiger partial charge in [0, 0.05) is 17.4 Å². The largest absolute Gasteiger partial charge is 0.483 e. The van der Waals surface area contributed by atoms with E-state index in [0.29, 0.717) is 13.0 Å². The highest BCUT2D eigenvalue weighted by atomic mass is 16.5. The number of esters is 1. The van der Waals surface area contributed by atoms with Crippen LogP contribution in [-0.4, -0.2) is 24.5 Å². The second kappa shape index (κ2) is 5.84. The molecule has 0 unspecified atom stereocenters. The molecule has 4 nitrogen and oxygen atoms in total. The molecule has 3 atom stereocenters. The minimum absolute atomic E-state index is 0.129. The van der Waals surface area contributed by atoms with E-state index in [1.54, 1.807) is 6.92 Å². The van der Waals surface area contributed by atoms with Crippen molar-refractivity contribution in [3.63, 3.8) is 0 Å². The smallest absolute Gasteiger partial charge is 0.309 e. The summed E-state index contributed by atoms with van der Waals surface area (Å²) in [6, 6.07) is 7.76. The molecule has 0 amide bonds. The van der Waals surface area contributed by atoms with Crippen LogP contribution in [0.5, 0.6) is 5.75 Å². The van der Waals surface area contributed by atoms with Crippen LogP contribution in [0.4, 0.5) is 0 Å². The number of carbonyl (C=O) groups excluding carboxylic acids is 2. The van der Waals surface area contributed by atoms with Crippen molar-refractivity contribution in [2.45, 2.75) is 38.7 Å². The Balaban J connectivity index is 2.09. The van der Waals surface area contributed by atoms with E-state index in [1.807, 2.05) is 38.1 Å². The van der Waals surface area contributed by atoms with Crippen molar-refractivity contribution < 1.29 is 19.1 Å². The number of ether oxygens (including phenoxy) is 2. The molecule has 0 fully saturated rings. The first-order chi connectivity index (χ1) is 11.0. The molecule has 1 heterocycles. The molecular weight excluding hydrogens is 292 g/mol. The topological polar surface area (TPSA) is 52.6 Å². The normalized spacial score (nSPS) is 27.8. The molecule has 0 aromatic heterocycles. The van der Waals surface area contributed by atoms with Gasteiger partial charge >= 0.3 is 5.97 Å². The van der Waals surface area contributed by atoms with Crippen LogP contribution in [0.25, 0.3) is 0 Å². The van der Waals surface area contributed by atoms with Gasteiger partial charge in [-0.2, -0.15) is 0 Å². The number of carbonyl (C=O) groups is 2. The van der Waals surface area contributed by atoms with E-state index < -0.39 is 17.4 Å². The maximum absolute atomic E-state index is 12.3. The molecule has 1 aliphatic carbocycles. The fourth-order valence-corrected chi connectivity index (χ4v) is 3.81. The summed E-state index contributed by atoms with van der Waals surface area (Å²) in [4.78, 5) is 24.2. The minimum Gasteiger partial charge on any atom is -0.483 e. The van der Waals surface area contributed by atoms with Crippen LogP contribution in [0, 0.1) is 11.8 Å². The van der Waals surface area contributed by atoms with Gasteiger partial charge in [0.2, 0.25) is 0 Å². The molecule has 1 aromatic carbocycles. The molecular formula is C19H22O4. The Morgan fingerprint density at radius 2 is 2.13 bits per heavy atom. The van der Waals surface area contributed by atoms with Crippen LogP contribution in [0.3, 0.4) is 0 Å².